The molecule has 0 aliphatic rings. The minimum atomic E-state index is -0.648. The number of nitroso groups, excluding NO2 is 1. The highest BCUT2D eigenvalue weighted by atomic mass is 35.5. The van der Waals surface area contributed by atoms with E-state index in [4.69, 9.17) is 17.3 Å². The first-order valence-corrected chi connectivity index (χ1v) is 5.58. The van der Waals surface area contributed by atoms with E-state index in [2.05, 4.69) is 15.3 Å². The number of alkyl halides is 1. The Morgan fingerprint density at radius 3 is 2.78 bits per heavy atom. The van der Waals surface area contributed by atoms with Crippen LogP contribution in [0.1, 0.15) is 5.82 Å². The van der Waals surface area contributed by atoms with Crippen LogP contribution in [0.3, 0.4) is 0 Å². The number of urea groups is 1. The van der Waals surface area contributed by atoms with Crippen LogP contribution >= 0.6 is 11.6 Å². The number of nitrogens with two attached hydrogens (primary N) is 1. The lowest BCUT2D eigenvalue weighted by atomic mass is 10.4. The lowest BCUT2D eigenvalue weighted by Gasteiger charge is -2.21. The van der Waals surface area contributed by atoms with Gasteiger partial charge in [0.15, 0.2) is 5.82 Å². The molecule has 2 amide bonds. The van der Waals surface area contributed by atoms with E-state index in [0.717, 1.165) is 0 Å². The van der Waals surface area contributed by atoms with Crippen molar-refractivity contribution in [2.24, 2.45) is 5.29 Å². The van der Waals surface area contributed by atoms with Crippen molar-refractivity contribution in [1.29, 1.82) is 0 Å². The molecule has 0 aliphatic heterocycles. The second-order valence-corrected chi connectivity index (χ2v) is 3.85. The normalized spacial score (nSPS) is 9.94. The fourth-order valence-corrected chi connectivity index (χ4v) is 1.46. The molecule has 2 N–H and O–H groups in total. The Labute approximate surface area is 109 Å². The summed E-state index contributed by atoms with van der Waals surface area (Å²) in [6.07, 6.45) is 1.27. The zero-order valence-corrected chi connectivity index (χ0v) is 10.8. The molecule has 0 bridgehead atoms. The summed E-state index contributed by atoms with van der Waals surface area (Å²) >= 11 is 5.52. The summed E-state index contributed by atoms with van der Waals surface area (Å²) in [6, 6.07) is -0.648. The predicted octanol–water partition coefficient (Wildman–Crippen LogP) is 1.15. The zero-order valence-electron chi connectivity index (χ0n) is 10.00. The summed E-state index contributed by atoms with van der Waals surface area (Å²) < 4.78 is 0. The van der Waals surface area contributed by atoms with E-state index in [1.165, 1.54) is 18.1 Å². The van der Waals surface area contributed by atoms with E-state index >= 15 is 0 Å². The molecule has 1 rings (SSSR count). The molecule has 0 radical (unpaired) electrons. The van der Waals surface area contributed by atoms with Crippen molar-refractivity contribution >= 4 is 29.1 Å². The van der Waals surface area contributed by atoms with E-state index in [-0.39, 0.29) is 23.9 Å². The largest absolute Gasteiger partial charge is 0.382 e. The molecule has 1 heterocycles. The van der Waals surface area contributed by atoms with Gasteiger partial charge in [0.1, 0.15) is 11.5 Å². The quantitative estimate of drug-likeness (QED) is 0.503. The Bertz CT molecular complexity index is 455. The van der Waals surface area contributed by atoms with Gasteiger partial charge in [0.2, 0.25) is 0 Å². The maximum Gasteiger partial charge on any atom is 0.347 e. The maximum absolute atomic E-state index is 11.9. The highest BCUT2D eigenvalue weighted by molar-refractivity contribution is 6.18. The zero-order chi connectivity index (χ0) is 13.7. The minimum absolute atomic E-state index is 0.00900. The van der Waals surface area contributed by atoms with Crippen molar-refractivity contribution in [2.45, 2.75) is 6.92 Å². The molecular weight excluding hydrogens is 260 g/mol. The first kappa shape index (κ1) is 14.1. The van der Waals surface area contributed by atoms with Gasteiger partial charge in [0.05, 0.1) is 11.5 Å². The molecule has 0 fully saturated rings. The van der Waals surface area contributed by atoms with Gasteiger partial charge in [0.25, 0.3) is 0 Å². The first-order valence-electron chi connectivity index (χ1n) is 5.04. The molecule has 8 nitrogen and oxygen atoms in total. The molecule has 1 aromatic rings. The fourth-order valence-electron chi connectivity index (χ4n) is 1.21. The standard InChI is InChI=1S/C9H13ClN6O2/c1-6-12-5-7(8(11)13-6)16(14-18)9(17)15(2)4-3-10/h5H,3-4H2,1-2H3,(H2,11,12,13). The smallest absolute Gasteiger partial charge is 0.347 e. The summed E-state index contributed by atoms with van der Waals surface area (Å²) in [5.41, 5.74) is 5.66. The van der Waals surface area contributed by atoms with Gasteiger partial charge in [0, 0.05) is 19.5 Å². The summed E-state index contributed by atoms with van der Waals surface area (Å²) in [5.74, 6) is 0.688. The number of hydrogen-bond acceptors (Lipinski definition) is 6. The van der Waals surface area contributed by atoms with Crippen LogP contribution in [0.4, 0.5) is 16.3 Å². The third-order valence-electron chi connectivity index (χ3n) is 2.16. The number of carbonyl (C=O) groups is 1. The van der Waals surface area contributed by atoms with Crippen molar-refractivity contribution in [3.05, 3.63) is 16.9 Å². The number of aromatic nitrogens is 2. The van der Waals surface area contributed by atoms with Crippen LogP contribution in [-0.4, -0.2) is 40.4 Å². The van der Waals surface area contributed by atoms with Crippen LogP contribution in [0.5, 0.6) is 0 Å². The van der Waals surface area contributed by atoms with Crippen LogP contribution in [-0.2, 0) is 0 Å². The summed E-state index contributed by atoms with van der Waals surface area (Å²) in [6.45, 7) is 1.92. The van der Waals surface area contributed by atoms with Crippen molar-refractivity contribution < 1.29 is 4.79 Å². The number of halogens is 1. The van der Waals surface area contributed by atoms with Gasteiger partial charge in [-0.3, -0.25) is 0 Å². The average Bonchev–Trinajstić information content (AvgIpc) is 2.32. The molecule has 98 valence electrons. The second kappa shape index (κ2) is 6.10. The van der Waals surface area contributed by atoms with Crippen LogP contribution in [0.25, 0.3) is 0 Å². The lowest BCUT2D eigenvalue weighted by molar-refractivity contribution is 0.218. The molecular formula is C9H13ClN6O2. The number of rotatable bonds is 4. The van der Waals surface area contributed by atoms with E-state index in [0.29, 0.717) is 10.8 Å². The van der Waals surface area contributed by atoms with E-state index < -0.39 is 6.03 Å². The topological polar surface area (TPSA) is 105 Å². The molecule has 0 aromatic carbocycles. The van der Waals surface area contributed by atoms with Gasteiger partial charge in [-0.15, -0.1) is 21.5 Å². The molecule has 9 heteroatoms. The Morgan fingerprint density at radius 1 is 1.61 bits per heavy atom. The Hall–Kier alpha value is -1.96. The van der Waals surface area contributed by atoms with Crippen molar-refractivity contribution in [3.63, 3.8) is 0 Å². The second-order valence-electron chi connectivity index (χ2n) is 3.47. The maximum atomic E-state index is 11.9. The monoisotopic (exact) mass is 272 g/mol. The SMILES string of the molecule is Cc1ncc(N(N=O)C(=O)N(C)CCCl)c(N)n1. The number of amides is 2. The Morgan fingerprint density at radius 2 is 2.28 bits per heavy atom. The summed E-state index contributed by atoms with van der Waals surface area (Å²) in [5, 5.41) is 3.24. The molecule has 0 unspecified atom stereocenters. The van der Waals surface area contributed by atoms with E-state index in [9.17, 15) is 9.70 Å². The average molecular weight is 273 g/mol. The lowest BCUT2D eigenvalue weighted by Crippen LogP contribution is -2.39. The van der Waals surface area contributed by atoms with E-state index in [1.807, 2.05) is 0 Å². The van der Waals surface area contributed by atoms with Gasteiger partial charge in [-0.1, -0.05) is 0 Å². The Balaban J connectivity index is 3.02. The van der Waals surface area contributed by atoms with Gasteiger partial charge in [-0.05, 0) is 6.92 Å². The number of hydrogen-bond donors (Lipinski definition) is 1. The molecule has 18 heavy (non-hydrogen) atoms. The molecule has 1 aromatic heterocycles. The molecule has 0 saturated carbocycles. The van der Waals surface area contributed by atoms with Crippen molar-refractivity contribution in [3.8, 4) is 0 Å². The van der Waals surface area contributed by atoms with E-state index in [1.54, 1.807) is 6.92 Å². The number of anilines is 2. The summed E-state index contributed by atoms with van der Waals surface area (Å²) in [7, 11) is 1.49. The highest BCUT2D eigenvalue weighted by Gasteiger charge is 2.23. The van der Waals surface area contributed by atoms with Gasteiger partial charge >= 0.3 is 6.03 Å². The fraction of sp³-hybridized carbons (Fsp3) is 0.444. The van der Waals surface area contributed by atoms with Gasteiger partial charge in [-0.2, -0.15) is 0 Å². The molecule has 0 spiro atoms. The number of aryl methyl sites for hydroxylation is 1. The molecule has 0 saturated heterocycles. The van der Waals surface area contributed by atoms with Gasteiger partial charge in [-0.25, -0.2) is 14.8 Å². The van der Waals surface area contributed by atoms with Crippen molar-refractivity contribution in [2.75, 3.05) is 30.2 Å². The first-order chi connectivity index (χ1) is 8.51. The van der Waals surface area contributed by atoms with Crippen molar-refractivity contribution in [1.82, 2.24) is 14.9 Å². The number of nitrogens with zero attached hydrogens (tertiary/aromatic N) is 5. The third-order valence-corrected chi connectivity index (χ3v) is 2.32. The van der Waals surface area contributed by atoms with Crippen LogP contribution < -0.4 is 10.7 Å². The third kappa shape index (κ3) is 3.04. The number of carbonyl (C=O) groups excluding carboxylic acids is 1. The summed E-state index contributed by atoms with van der Waals surface area (Å²) in [4.78, 5) is 31.6. The van der Waals surface area contributed by atoms with Crippen LogP contribution in [0, 0.1) is 11.8 Å². The molecule has 0 aliphatic carbocycles. The van der Waals surface area contributed by atoms with Crippen LogP contribution in [0.2, 0.25) is 0 Å². The highest BCUT2D eigenvalue weighted by Crippen LogP contribution is 2.21. The number of nitrogen functional groups attached to an aromatic ring is 1. The predicted molar refractivity (Wildman–Crippen MR) is 68.2 cm³/mol. The van der Waals surface area contributed by atoms with Gasteiger partial charge < -0.3 is 10.6 Å². The molecule has 0 atom stereocenters. The van der Waals surface area contributed by atoms with Crippen LogP contribution in [0.15, 0.2) is 11.5 Å². The minimum Gasteiger partial charge on any atom is -0.382 e. The Kier molecular flexibility index (Phi) is 4.78.